The quantitative estimate of drug-likeness (QED) is 0.192. The molecular formula is C41H35N5O. The normalized spacial score (nSPS) is 13.6. The Bertz CT molecular complexity index is 2120. The van der Waals surface area contributed by atoms with Crippen LogP contribution in [-0.2, 0) is 5.41 Å². The largest absolute Gasteiger partial charge is 0.457 e. The van der Waals surface area contributed by atoms with Gasteiger partial charge in [0.2, 0.25) is 0 Å². The standard InChI is InChI=1S/C41H35N5O/c1-41(2,3)29-18-21-43-40(24-29)46-38-19-20-42-27-37(38)35-15-8-7-14-34(35)36-17-16-33(26-39(36)46)47-32-13-9-12-31(25-32)45-23-22-44(28-45)30-10-5-4-6-11-30/h4-27H,28H2,1-3H3. The van der Waals surface area contributed by atoms with E-state index in [-0.39, 0.29) is 5.41 Å². The molecule has 0 saturated heterocycles. The number of nitrogens with zero attached hydrogens (tertiary/aromatic N) is 5. The van der Waals surface area contributed by atoms with Gasteiger partial charge in [0.05, 0.1) is 18.0 Å². The van der Waals surface area contributed by atoms with Crippen LogP contribution in [0.3, 0.4) is 0 Å². The van der Waals surface area contributed by atoms with Crippen LogP contribution in [0.2, 0.25) is 0 Å². The van der Waals surface area contributed by atoms with Crippen molar-refractivity contribution in [1.29, 1.82) is 0 Å². The molecule has 6 aromatic rings. The maximum atomic E-state index is 6.61. The number of hydrogen-bond acceptors (Lipinski definition) is 6. The molecule has 0 saturated carbocycles. The molecule has 6 heteroatoms. The summed E-state index contributed by atoms with van der Waals surface area (Å²) in [6.45, 7) is 7.42. The molecule has 0 unspecified atom stereocenters. The lowest BCUT2D eigenvalue weighted by Crippen LogP contribution is -2.24. The molecule has 0 atom stereocenters. The predicted molar refractivity (Wildman–Crippen MR) is 192 cm³/mol. The van der Waals surface area contributed by atoms with E-state index in [0.29, 0.717) is 0 Å². The number of aromatic nitrogens is 2. The number of pyridine rings is 2. The molecule has 0 N–H and O–H groups in total. The molecule has 0 aliphatic carbocycles. The Morgan fingerprint density at radius 1 is 0.596 bits per heavy atom. The van der Waals surface area contributed by atoms with Crippen LogP contribution in [0.4, 0.5) is 28.6 Å². The van der Waals surface area contributed by atoms with Gasteiger partial charge in [-0.1, -0.05) is 69.3 Å². The molecule has 2 aromatic heterocycles. The predicted octanol–water partition coefficient (Wildman–Crippen LogP) is 10.4. The average molecular weight is 614 g/mol. The van der Waals surface area contributed by atoms with E-state index in [1.165, 1.54) is 5.56 Å². The van der Waals surface area contributed by atoms with Gasteiger partial charge in [0.15, 0.2) is 0 Å². The van der Waals surface area contributed by atoms with Crippen molar-refractivity contribution in [3.8, 4) is 33.8 Å². The fraction of sp³-hybridized carbons (Fsp3) is 0.122. The first-order chi connectivity index (χ1) is 22.9. The van der Waals surface area contributed by atoms with Crippen LogP contribution in [0.5, 0.6) is 11.5 Å². The van der Waals surface area contributed by atoms with Gasteiger partial charge in [-0.05, 0) is 76.7 Å². The van der Waals surface area contributed by atoms with Crippen molar-refractivity contribution in [2.75, 3.05) is 21.4 Å². The summed E-state index contributed by atoms with van der Waals surface area (Å²) in [5.74, 6) is 2.37. The van der Waals surface area contributed by atoms with Crippen molar-refractivity contribution in [2.24, 2.45) is 0 Å². The summed E-state index contributed by atoms with van der Waals surface area (Å²) in [6.07, 6.45) is 9.93. The Balaban J connectivity index is 1.19. The summed E-state index contributed by atoms with van der Waals surface area (Å²) in [6, 6.07) is 39.9. The van der Waals surface area contributed by atoms with E-state index in [0.717, 1.165) is 69.0 Å². The summed E-state index contributed by atoms with van der Waals surface area (Å²) in [5, 5.41) is 0. The number of ether oxygens (including phenoxy) is 1. The molecule has 2 aliphatic rings. The van der Waals surface area contributed by atoms with Crippen LogP contribution in [0.25, 0.3) is 22.3 Å². The molecule has 2 aliphatic heterocycles. The Morgan fingerprint density at radius 3 is 2.13 bits per heavy atom. The second-order valence-electron chi connectivity index (χ2n) is 12.9. The zero-order valence-electron chi connectivity index (χ0n) is 26.7. The molecular weight excluding hydrogens is 578 g/mol. The second kappa shape index (κ2) is 11.5. The van der Waals surface area contributed by atoms with Crippen LogP contribution in [0, 0.1) is 0 Å². The Kier molecular flexibility index (Phi) is 6.98. The minimum Gasteiger partial charge on any atom is -0.457 e. The van der Waals surface area contributed by atoms with Gasteiger partial charge >= 0.3 is 0 Å². The van der Waals surface area contributed by atoms with Crippen molar-refractivity contribution in [3.63, 3.8) is 0 Å². The lowest BCUT2D eigenvalue weighted by atomic mass is 9.87. The van der Waals surface area contributed by atoms with Gasteiger partial charge in [0, 0.05) is 65.6 Å². The summed E-state index contributed by atoms with van der Waals surface area (Å²) in [7, 11) is 0. The number of rotatable bonds is 5. The molecule has 0 bridgehead atoms. The van der Waals surface area contributed by atoms with Crippen molar-refractivity contribution < 1.29 is 4.74 Å². The van der Waals surface area contributed by atoms with Gasteiger partial charge in [-0.2, -0.15) is 0 Å². The number of fused-ring (bicyclic) bond motifs is 5. The van der Waals surface area contributed by atoms with E-state index in [4.69, 9.17) is 9.72 Å². The van der Waals surface area contributed by atoms with Gasteiger partial charge in [-0.15, -0.1) is 0 Å². The number of para-hydroxylation sites is 1. The fourth-order valence-electron chi connectivity index (χ4n) is 6.35. The SMILES string of the molecule is CC(C)(C)c1ccnc(N2c3ccncc3-c3ccccc3-c3ccc(Oc4cccc(N5C=CN(c6ccccc6)C5)c4)cc32)c1. The minimum absolute atomic E-state index is 0.0327. The molecule has 0 amide bonds. The van der Waals surface area contributed by atoms with Crippen molar-refractivity contribution in [3.05, 3.63) is 152 Å². The molecule has 8 rings (SSSR count). The Labute approximate surface area is 275 Å². The third-order valence-electron chi connectivity index (χ3n) is 8.80. The minimum atomic E-state index is -0.0327. The highest BCUT2D eigenvalue weighted by molar-refractivity contribution is 6.02. The Hall–Kier alpha value is -5.88. The summed E-state index contributed by atoms with van der Waals surface area (Å²) in [5.41, 5.74) is 9.86. The molecule has 0 radical (unpaired) electrons. The van der Waals surface area contributed by atoms with Crippen LogP contribution in [0.15, 0.2) is 146 Å². The van der Waals surface area contributed by atoms with Gasteiger partial charge in [-0.25, -0.2) is 4.98 Å². The topological polar surface area (TPSA) is 44.7 Å². The zero-order valence-corrected chi connectivity index (χ0v) is 26.7. The number of hydrogen-bond donors (Lipinski definition) is 0. The second-order valence-corrected chi connectivity index (χ2v) is 12.9. The Morgan fingerprint density at radius 2 is 1.32 bits per heavy atom. The summed E-state index contributed by atoms with van der Waals surface area (Å²) < 4.78 is 6.61. The third kappa shape index (κ3) is 5.38. The zero-order chi connectivity index (χ0) is 32.0. The first-order valence-corrected chi connectivity index (χ1v) is 15.9. The lowest BCUT2D eigenvalue weighted by Gasteiger charge is -2.28. The number of benzene rings is 4. The van der Waals surface area contributed by atoms with Gasteiger partial charge in [0.25, 0.3) is 0 Å². The maximum Gasteiger partial charge on any atom is 0.137 e. The van der Waals surface area contributed by atoms with E-state index in [1.807, 2.05) is 36.8 Å². The molecule has 4 aromatic carbocycles. The van der Waals surface area contributed by atoms with E-state index in [2.05, 4.69) is 150 Å². The highest BCUT2D eigenvalue weighted by Crippen LogP contribution is 2.51. The summed E-state index contributed by atoms with van der Waals surface area (Å²) in [4.78, 5) is 16.2. The monoisotopic (exact) mass is 613 g/mol. The molecule has 47 heavy (non-hydrogen) atoms. The molecule has 230 valence electrons. The fourth-order valence-corrected chi connectivity index (χ4v) is 6.35. The van der Waals surface area contributed by atoms with Crippen molar-refractivity contribution >= 4 is 28.6 Å². The highest BCUT2D eigenvalue weighted by atomic mass is 16.5. The smallest absolute Gasteiger partial charge is 0.137 e. The van der Waals surface area contributed by atoms with E-state index >= 15 is 0 Å². The summed E-state index contributed by atoms with van der Waals surface area (Å²) >= 11 is 0. The molecule has 0 spiro atoms. The van der Waals surface area contributed by atoms with E-state index in [9.17, 15) is 0 Å². The maximum absolute atomic E-state index is 6.61. The van der Waals surface area contributed by atoms with Gasteiger partial charge < -0.3 is 14.5 Å². The van der Waals surface area contributed by atoms with Gasteiger partial charge in [0.1, 0.15) is 17.3 Å². The molecule has 6 nitrogen and oxygen atoms in total. The van der Waals surface area contributed by atoms with Crippen LogP contribution < -0.4 is 19.4 Å². The third-order valence-corrected chi connectivity index (χ3v) is 8.80. The van der Waals surface area contributed by atoms with Crippen molar-refractivity contribution in [1.82, 2.24) is 9.97 Å². The van der Waals surface area contributed by atoms with E-state index in [1.54, 1.807) is 0 Å². The molecule has 4 heterocycles. The van der Waals surface area contributed by atoms with Crippen molar-refractivity contribution in [2.45, 2.75) is 26.2 Å². The molecule has 0 fully saturated rings. The van der Waals surface area contributed by atoms with Crippen LogP contribution in [0.1, 0.15) is 26.3 Å². The van der Waals surface area contributed by atoms with E-state index < -0.39 is 0 Å². The average Bonchev–Trinajstić information content (AvgIpc) is 3.56. The lowest BCUT2D eigenvalue weighted by molar-refractivity contribution is 0.483. The highest BCUT2D eigenvalue weighted by Gasteiger charge is 2.28. The first kappa shape index (κ1) is 28.6. The van der Waals surface area contributed by atoms with Crippen LogP contribution in [-0.4, -0.2) is 16.6 Å². The first-order valence-electron chi connectivity index (χ1n) is 15.9. The number of anilines is 5. The van der Waals surface area contributed by atoms with Crippen LogP contribution >= 0.6 is 0 Å². The van der Waals surface area contributed by atoms with Gasteiger partial charge in [-0.3, -0.25) is 9.88 Å².